The second-order valence-corrected chi connectivity index (χ2v) is 6.28. The predicted molar refractivity (Wildman–Crippen MR) is 87.7 cm³/mol. The zero-order chi connectivity index (χ0) is 21.2. The molecule has 4 N–H and O–H groups in total. The summed E-state index contributed by atoms with van der Waals surface area (Å²) in [6.45, 7) is 3.00. The summed E-state index contributed by atoms with van der Waals surface area (Å²) in [6, 6.07) is 3.91. The maximum absolute atomic E-state index is 14.2. The maximum atomic E-state index is 14.2. The molecule has 0 saturated heterocycles. The first-order valence-electron chi connectivity index (χ1n) is 7.67. The highest BCUT2D eigenvalue weighted by Crippen LogP contribution is 2.56. The lowest BCUT2D eigenvalue weighted by molar-refractivity contribution is -0.197. The molecule has 0 fully saturated rings. The zero-order valence-corrected chi connectivity index (χ0v) is 14.4. The third kappa shape index (κ3) is 2.11. The number of aryl methyl sites for hydroxylation is 2. The minimum absolute atomic E-state index is 0.190. The number of aliphatic carboxylic acids is 1. The largest absolute Gasteiger partial charge is 0.480 e. The highest BCUT2D eigenvalue weighted by atomic mass is 19.4. The monoisotopic (exact) mass is 395 g/mol. The summed E-state index contributed by atoms with van der Waals surface area (Å²) in [6.07, 6.45) is -7.23. The number of fused-ring (bicyclic) bond motifs is 3. The molecule has 2 heterocycles. The molecule has 0 radical (unpaired) electrons. The average Bonchev–Trinajstić information content (AvgIpc) is 2.86. The normalized spacial score (nSPS) is 19.1. The third-order valence-electron chi connectivity index (χ3n) is 4.61. The topological polar surface area (TPSA) is 139 Å². The summed E-state index contributed by atoms with van der Waals surface area (Å²) < 4.78 is 48.2. The first-order chi connectivity index (χ1) is 12.9. The number of carbonyl (C=O) groups is 2. The van der Waals surface area contributed by atoms with Crippen molar-refractivity contribution >= 4 is 23.0 Å². The van der Waals surface area contributed by atoms with Crippen LogP contribution in [-0.2, 0) is 10.2 Å². The van der Waals surface area contributed by atoms with Crippen LogP contribution in [-0.4, -0.2) is 33.0 Å². The van der Waals surface area contributed by atoms with Crippen LogP contribution in [0.25, 0.3) is 10.9 Å². The molecular formula is C17H12F3N3O5. The molecule has 0 amide bonds. The molecule has 0 aliphatic carbocycles. The molecule has 2 aromatic rings. The van der Waals surface area contributed by atoms with Gasteiger partial charge in [-0.25, -0.2) is 9.36 Å². The van der Waals surface area contributed by atoms with Gasteiger partial charge in [0.2, 0.25) is 17.2 Å². The Labute approximate surface area is 154 Å². The third-order valence-corrected chi connectivity index (χ3v) is 4.61. The lowest BCUT2D eigenvalue weighted by atomic mass is 9.72. The number of hydrogen-bond donors (Lipinski definition) is 3. The molecule has 8 nitrogen and oxygen atoms in total. The van der Waals surface area contributed by atoms with Gasteiger partial charge in [-0.2, -0.15) is 18.4 Å². The van der Waals surface area contributed by atoms with Gasteiger partial charge in [-0.1, -0.05) is 11.6 Å². The number of carboxylic acids is 1. The van der Waals surface area contributed by atoms with E-state index in [4.69, 9.17) is 10.5 Å². The van der Waals surface area contributed by atoms with Gasteiger partial charge in [-0.3, -0.25) is 4.79 Å². The fourth-order valence-electron chi connectivity index (χ4n) is 3.64. The number of alkyl halides is 3. The summed E-state index contributed by atoms with van der Waals surface area (Å²) in [4.78, 5) is 23.8. The van der Waals surface area contributed by atoms with E-state index in [1.165, 1.54) is 25.1 Å². The molecule has 146 valence electrons. The van der Waals surface area contributed by atoms with Crippen molar-refractivity contribution in [3.8, 4) is 11.9 Å². The van der Waals surface area contributed by atoms with Gasteiger partial charge in [0.25, 0.3) is 0 Å². The summed E-state index contributed by atoms with van der Waals surface area (Å²) in [5.74, 6) is -4.46. The van der Waals surface area contributed by atoms with Crippen molar-refractivity contribution in [3.63, 3.8) is 0 Å². The molecule has 0 saturated carbocycles. The van der Waals surface area contributed by atoms with E-state index < -0.39 is 46.6 Å². The molecule has 1 aliphatic heterocycles. The fraction of sp³-hybridized carbons (Fsp3) is 0.235. The number of aromatic nitrogens is 1. The summed E-state index contributed by atoms with van der Waals surface area (Å²) in [5, 5.41) is 28.2. The Morgan fingerprint density at radius 1 is 1.29 bits per heavy atom. The molecule has 1 aromatic heterocycles. The molecule has 0 bridgehead atoms. The summed E-state index contributed by atoms with van der Waals surface area (Å²) in [7, 11) is 0. The van der Waals surface area contributed by atoms with Gasteiger partial charge >= 0.3 is 18.2 Å². The quantitative estimate of drug-likeness (QED) is 0.675. The number of benzene rings is 1. The second-order valence-electron chi connectivity index (χ2n) is 6.28. The Morgan fingerprint density at radius 2 is 1.89 bits per heavy atom. The Hall–Kier alpha value is -3.68. The van der Waals surface area contributed by atoms with Crippen LogP contribution in [0.4, 0.5) is 18.0 Å². The molecule has 1 aromatic carbocycles. The van der Waals surface area contributed by atoms with Crippen LogP contribution in [0.5, 0.6) is 5.88 Å². The van der Waals surface area contributed by atoms with Crippen molar-refractivity contribution in [2.75, 3.05) is 0 Å². The van der Waals surface area contributed by atoms with Gasteiger partial charge in [-0.05, 0) is 25.5 Å². The van der Waals surface area contributed by atoms with E-state index in [0.717, 1.165) is 0 Å². The van der Waals surface area contributed by atoms with E-state index in [1.54, 1.807) is 6.92 Å². The van der Waals surface area contributed by atoms with Crippen LogP contribution in [0, 0.1) is 25.2 Å². The number of nitrogens with zero attached hydrogens (tertiary/aromatic N) is 2. The number of nitrogens with two attached hydrogens (primary N) is 1. The van der Waals surface area contributed by atoms with Gasteiger partial charge in [0.15, 0.2) is 0 Å². The Kier molecular flexibility index (Phi) is 3.86. The highest BCUT2D eigenvalue weighted by molar-refractivity contribution is 6.04. The van der Waals surface area contributed by atoms with Gasteiger partial charge in [0.05, 0.1) is 11.1 Å². The van der Waals surface area contributed by atoms with Crippen LogP contribution in [0.1, 0.15) is 16.7 Å². The second kappa shape index (κ2) is 5.66. The van der Waals surface area contributed by atoms with Crippen molar-refractivity contribution in [3.05, 3.63) is 40.3 Å². The van der Waals surface area contributed by atoms with E-state index in [1.807, 2.05) is 0 Å². The van der Waals surface area contributed by atoms with Crippen LogP contribution >= 0.6 is 0 Å². The average molecular weight is 395 g/mol. The number of ether oxygens (including phenoxy) is 1. The van der Waals surface area contributed by atoms with Gasteiger partial charge in [-0.15, -0.1) is 0 Å². The number of carboxylic acid groups (broad SMARTS) is 2. The molecular weight excluding hydrogens is 383 g/mol. The van der Waals surface area contributed by atoms with E-state index in [0.29, 0.717) is 10.1 Å². The molecule has 1 atom stereocenters. The van der Waals surface area contributed by atoms with Crippen molar-refractivity contribution in [2.45, 2.75) is 25.4 Å². The standard InChI is InChI=1S/C17H12F3N3O5/c1-6-3-7(2)11-8(4-6)10-13(23(11)15(26)27)28-12(22)9(5-21)16(10,14(24)25)17(18,19)20/h3-4H,22H2,1-2H3,(H,24,25)(H,26,27). The molecule has 1 unspecified atom stereocenters. The molecule has 11 heteroatoms. The smallest absolute Gasteiger partial charge is 0.418 e. The molecule has 28 heavy (non-hydrogen) atoms. The van der Waals surface area contributed by atoms with Crippen molar-refractivity contribution in [1.29, 1.82) is 5.26 Å². The van der Waals surface area contributed by atoms with Gasteiger partial charge < -0.3 is 20.7 Å². The van der Waals surface area contributed by atoms with E-state index in [9.17, 15) is 38.2 Å². The molecule has 1 aliphatic rings. The van der Waals surface area contributed by atoms with E-state index in [-0.39, 0.29) is 16.5 Å². The Bertz CT molecular complexity index is 1140. The Morgan fingerprint density at radius 3 is 2.36 bits per heavy atom. The minimum atomic E-state index is -5.53. The van der Waals surface area contributed by atoms with Crippen molar-refractivity contribution < 1.29 is 37.7 Å². The van der Waals surface area contributed by atoms with Crippen LogP contribution < -0.4 is 10.5 Å². The lowest BCUT2D eigenvalue weighted by Crippen LogP contribution is -2.53. The first kappa shape index (κ1) is 19.1. The molecule has 3 rings (SSSR count). The minimum Gasteiger partial charge on any atom is -0.480 e. The Balaban J connectivity index is 2.72. The van der Waals surface area contributed by atoms with Crippen molar-refractivity contribution in [1.82, 2.24) is 4.57 Å². The number of rotatable bonds is 1. The van der Waals surface area contributed by atoms with E-state index >= 15 is 0 Å². The lowest BCUT2D eigenvalue weighted by Gasteiger charge is -2.35. The van der Waals surface area contributed by atoms with Gasteiger partial charge in [0, 0.05) is 5.39 Å². The predicted octanol–water partition coefficient (Wildman–Crippen LogP) is 2.76. The number of halogens is 3. The van der Waals surface area contributed by atoms with E-state index in [2.05, 4.69) is 0 Å². The van der Waals surface area contributed by atoms with Crippen LogP contribution in [0.3, 0.4) is 0 Å². The fourth-order valence-corrected chi connectivity index (χ4v) is 3.64. The zero-order valence-electron chi connectivity index (χ0n) is 14.4. The first-order valence-corrected chi connectivity index (χ1v) is 7.67. The highest BCUT2D eigenvalue weighted by Gasteiger charge is 2.70. The number of nitriles is 1. The maximum Gasteiger partial charge on any atom is 0.418 e. The summed E-state index contributed by atoms with van der Waals surface area (Å²) in [5.41, 5.74) is -0.282. The van der Waals surface area contributed by atoms with Crippen LogP contribution in [0.2, 0.25) is 0 Å². The summed E-state index contributed by atoms with van der Waals surface area (Å²) >= 11 is 0. The van der Waals surface area contributed by atoms with Crippen LogP contribution in [0.15, 0.2) is 23.6 Å². The van der Waals surface area contributed by atoms with Gasteiger partial charge in [0.1, 0.15) is 11.6 Å². The SMILES string of the molecule is Cc1cc(C)c2c(c1)c1c(n2C(=O)O)OC(N)=C(C#N)C1(C(=O)O)C(F)(F)F. The molecule has 0 spiro atoms. The van der Waals surface area contributed by atoms with Crippen molar-refractivity contribution in [2.24, 2.45) is 5.73 Å². The number of hydrogen-bond acceptors (Lipinski definition) is 5.